The van der Waals surface area contributed by atoms with Gasteiger partial charge < -0.3 is 4.74 Å². The number of sulfonamides is 1. The second-order valence-electron chi connectivity index (χ2n) is 6.12. The summed E-state index contributed by atoms with van der Waals surface area (Å²) in [5.74, 6) is 0.416. The first-order valence-electron chi connectivity index (χ1n) is 8.38. The van der Waals surface area contributed by atoms with Gasteiger partial charge in [-0.05, 0) is 25.2 Å². The molecule has 9 nitrogen and oxygen atoms in total. The maximum absolute atomic E-state index is 12.1. The van der Waals surface area contributed by atoms with Crippen molar-refractivity contribution in [1.29, 1.82) is 0 Å². The van der Waals surface area contributed by atoms with E-state index in [4.69, 9.17) is 4.74 Å². The van der Waals surface area contributed by atoms with E-state index in [0.717, 1.165) is 11.1 Å². The van der Waals surface area contributed by atoms with E-state index in [0.29, 0.717) is 22.8 Å². The van der Waals surface area contributed by atoms with Crippen molar-refractivity contribution >= 4 is 15.7 Å². The summed E-state index contributed by atoms with van der Waals surface area (Å²) in [5.41, 5.74) is 3.57. The summed E-state index contributed by atoms with van der Waals surface area (Å²) >= 11 is 0. The summed E-state index contributed by atoms with van der Waals surface area (Å²) in [6.07, 6.45) is 5.25. The molecule has 0 aliphatic carbocycles. The molecule has 1 N–H and O–H groups in total. The molecule has 3 heterocycles. The lowest BCUT2D eigenvalue weighted by atomic mass is 10.1. The number of imidazole rings is 1. The maximum atomic E-state index is 12.1. The molecular formula is C18H18N6O3S. The van der Waals surface area contributed by atoms with E-state index in [1.54, 1.807) is 46.9 Å². The fraction of sp³-hybridized carbons (Fsp3) is 0.167. The van der Waals surface area contributed by atoms with Crippen molar-refractivity contribution in [3.05, 3.63) is 48.9 Å². The first kappa shape index (κ1) is 18.1. The number of nitrogens with zero attached hydrogens (tertiary/aromatic N) is 5. The summed E-state index contributed by atoms with van der Waals surface area (Å²) in [6, 6.07) is 8.47. The number of benzene rings is 1. The average molecular weight is 398 g/mol. The quantitative estimate of drug-likeness (QED) is 0.549. The first-order chi connectivity index (χ1) is 13.4. The molecule has 28 heavy (non-hydrogen) atoms. The van der Waals surface area contributed by atoms with Gasteiger partial charge in [-0.25, -0.2) is 22.6 Å². The smallest absolute Gasteiger partial charge is 0.240 e. The van der Waals surface area contributed by atoms with E-state index < -0.39 is 10.0 Å². The lowest BCUT2D eigenvalue weighted by Crippen LogP contribution is -2.18. The Labute approximate surface area is 161 Å². The monoisotopic (exact) mass is 398 g/mol. The Kier molecular flexibility index (Phi) is 4.36. The standard InChI is InChI=1S/C18H18N6O3S/c1-19-28(25,26)14-6-4-5-12(7-14)16-10-20-17-8-15(13-9-21-23(2)11-13)18(27-3)22-24(16)17/h4-11,19H,1-3H3. The molecule has 0 fully saturated rings. The molecule has 0 spiro atoms. The molecule has 1 aromatic carbocycles. The molecule has 3 aromatic heterocycles. The fourth-order valence-electron chi connectivity index (χ4n) is 2.95. The van der Waals surface area contributed by atoms with Gasteiger partial charge >= 0.3 is 0 Å². The highest BCUT2D eigenvalue weighted by Crippen LogP contribution is 2.31. The van der Waals surface area contributed by atoms with E-state index in [1.807, 2.05) is 19.3 Å². The van der Waals surface area contributed by atoms with Crippen LogP contribution in [0.15, 0.2) is 53.8 Å². The van der Waals surface area contributed by atoms with Crippen LogP contribution in [0.5, 0.6) is 5.88 Å². The highest BCUT2D eigenvalue weighted by Gasteiger charge is 2.17. The molecular weight excluding hydrogens is 380 g/mol. The minimum Gasteiger partial charge on any atom is -0.480 e. The number of ether oxygens (including phenoxy) is 1. The molecule has 4 rings (SSSR count). The molecule has 0 amide bonds. The molecule has 10 heteroatoms. The number of nitrogens with one attached hydrogen (secondary N) is 1. The van der Waals surface area contributed by atoms with Crippen LogP contribution in [-0.4, -0.2) is 47.0 Å². The van der Waals surface area contributed by atoms with Gasteiger partial charge in [0.25, 0.3) is 0 Å². The highest BCUT2D eigenvalue weighted by atomic mass is 32.2. The molecule has 0 saturated heterocycles. The lowest BCUT2D eigenvalue weighted by Gasteiger charge is -2.09. The third kappa shape index (κ3) is 3.02. The molecule has 0 aliphatic rings. The number of hydrogen-bond donors (Lipinski definition) is 1. The molecule has 0 aliphatic heterocycles. The number of hydrogen-bond acceptors (Lipinski definition) is 6. The molecule has 0 saturated carbocycles. The second-order valence-corrected chi connectivity index (χ2v) is 8.01. The van der Waals surface area contributed by atoms with Gasteiger partial charge in [-0.15, -0.1) is 5.10 Å². The summed E-state index contributed by atoms with van der Waals surface area (Å²) in [4.78, 5) is 4.60. The van der Waals surface area contributed by atoms with Crippen LogP contribution in [0.25, 0.3) is 28.0 Å². The normalized spacial score (nSPS) is 11.8. The van der Waals surface area contributed by atoms with Gasteiger partial charge in [0.05, 0.1) is 35.7 Å². The van der Waals surface area contributed by atoms with Gasteiger partial charge in [0.2, 0.25) is 15.9 Å². The van der Waals surface area contributed by atoms with Crippen LogP contribution in [0.4, 0.5) is 0 Å². The molecule has 0 atom stereocenters. The average Bonchev–Trinajstić information content (AvgIpc) is 3.32. The molecule has 0 radical (unpaired) electrons. The van der Waals surface area contributed by atoms with Gasteiger partial charge in [0, 0.05) is 24.4 Å². The Morgan fingerprint density at radius 3 is 2.64 bits per heavy atom. The number of aromatic nitrogens is 5. The SMILES string of the molecule is CNS(=O)(=O)c1cccc(-c2cnc3cc(-c4cnn(C)c4)c(OC)nn23)c1. The van der Waals surface area contributed by atoms with Gasteiger partial charge in [-0.2, -0.15) is 5.10 Å². The van der Waals surface area contributed by atoms with Crippen LogP contribution >= 0.6 is 0 Å². The van der Waals surface area contributed by atoms with E-state index in [-0.39, 0.29) is 4.90 Å². The largest absolute Gasteiger partial charge is 0.480 e. The van der Waals surface area contributed by atoms with Crippen molar-refractivity contribution in [3.63, 3.8) is 0 Å². The van der Waals surface area contributed by atoms with Crippen LogP contribution < -0.4 is 9.46 Å². The van der Waals surface area contributed by atoms with E-state index in [1.165, 1.54) is 13.1 Å². The van der Waals surface area contributed by atoms with Gasteiger partial charge in [-0.1, -0.05) is 12.1 Å². The van der Waals surface area contributed by atoms with Crippen molar-refractivity contribution in [2.75, 3.05) is 14.2 Å². The zero-order chi connectivity index (χ0) is 19.9. The highest BCUT2D eigenvalue weighted by molar-refractivity contribution is 7.89. The Morgan fingerprint density at radius 2 is 1.96 bits per heavy atom. The van der Waals surface area contributed by atoms with E-state index in [9.17, 15) is 8.42 Å². The van der Waals surface area contributed by atoms with Crippen LogP contribution in [0, 0.1) is 0 Å². The Morgan fingerprint density at radius 1 is 1.14 bits per heavy atom. The number of rotatable bonds is 5. The van der Waals surface area contributed by atoms with Crippen molar-refractivity contribution in [2.24, 2.45) is 7.05 Å². The molecule has 0 bridgehead atoms. The van der Waals surface area contributed by atoms with Crippen LogP contribution in [0.3, 0.4) is 0 Å². The number of aryl methyl sites for hydroxylation is 1. The van der Waals surface area contributed by atoms with Crippen molar-refractivity contribution in [2.45, 2.75) is 4.90 Å². The van der Waals surface area contributed by atoms with Crippen LogP contribution in [0.2, 0.25) is 0 Å². The Hall–Kier alpha value is -3.24. The fourth-order valence-corrected chi connectivity index (χ4v) is 3.73. The minimum absolute atomic E-state index is 0.168. The van der Waals surface area contributed by atoms with Crippen molar-refractivity contribution in [1.82, 2.24) is 29.1 Å². The molecule has 144 valence electrons. The third-order valence-electron chi connectivity index (χ3n) is 4.38. The zero-order valence-electron chi connectivity index (χ0n) is 15.5. The number of fused-ring (bicyclic) bond motifs is 1. The van der Waals surface area contributed by atoms with Gasteiger partial charge in [0.15, 0.2) is 5.65 Å². The van der Waals surface area contributed by atoms with Crippen LogP contribution in [-0.2, 0) is 17.1 Å². The maximum Gasteiger partial charge on any atom is 0.240 e. The van der Waals surface area contributed by atoms with Crippen LogP contribution in [0.1, 0.15) is 0 Å². The predicted molar refractivity (Wildman–Crippen MR) is 103 cm³/mol. The predicted octanol–water partition coefficient (Wildman–Crippen LogP) is 1.71. The van der Waals surface area contributed by atoms with E-state index in [2.05, 4.69) is 19.9 Å². The minimum atomic E-state index is -3.55. The second kappa shape index (κ2) is 6.73. The number of methoxy groups -OCH3 is 1. The van der Waals surface area contributed by atoms with Gasteiger partial charge in [-0.3, -0.25) is 4.68 Å². The Bertz CT molecular complexity index is 1280. The van der Waals surface area contributed by atoms with E-state index >= 15 is 0 Å². The topological polar surface area (TPSA) is 103 Å². The summed E-state index contributed by atoms with van der Waals surface area (Å²) in [6.45, 7) is 0. The first-order valence-corrected chi connectivity index (χ1v) is 9.87. The third-order valence-corrected chi connectivity index (χ3v) is 5.79. The summed E-state index contributed by atoms with van der Waals surface area (Å²) in [5, 5.41) is 8.74. The summed E-state index contributed by atoms with van der Waals surface area (Å²) in [7, 11) is 1.21. The van der Waals surface area contributed by atoms with Crippen molar-refractivity contribution < 1.29 is 13.2 Å². The molecule has 4 aromatic rings. The lowest BCUT2D eigenvalue weighted by molar-refractivity contribution is 0.392. The van der Waals surface area contributed by atoms with Crippen molar-refractivity contribution in [3.8, 4) is 28.3 Å². The molecule has 0 unspecified atom stereocenters. The Balaban J connectivity index is 1.88. The van der Waals surface area contributed by atoms with Gasteiger partial charge in [0.1, 0.15) is 0 Å². The zero-order valence-corrected chi connectivity index (χ0v) is 16.3. The summed E-state index contributed by atoms with van der Waals surface area (Å²) < 4.78 is 35.3.